The molecule has 0 spiro atoms. The molecule has 9 fully saturated rings. The molecule has 110 heavy (non-hydrogen) atoms. The van der Waals surface area contributed by atoms with Crippen LogP contribution in [0.15, 0.2) is 121 Å². The maximum absolute atomic E-state index is 14.5. The number of nitrogens with two attached hydrogens (primary N) is 1. The van der Waals surface area contributed by atoms with Crippen molar-refractivity contribution in [3.05, 3.63) is 189 Å². The van der Waals surface area contributed by atoms with Crippen LogP contribution in [0.1, 0.15) is 216 Å². The third-order valence-corrected chi connectivity index (χ3v) is 24.4. The van der Waals surface area contributed by atoms with Crippen molar-refractivity contribution in [2.45, 2.75) is 156 Å². The van der Waals surface area contributed by atoms with Gasteiger partial charge in [0.2, 0.25) is 5.96 Å². The Hall–Kier alpha value is -11.5. The Kier molecular flexibility index (Phi) is 22.0. The quantitative estimate of drug-likeness (QED) is 0.0143. The van der Waals surface area contributed by atoms with Crippen LogP contribution in [0, 0.1) is 61.4 Å². The average molecular weight is 1520 g/mol. The summed E-state index contributed by atoms with van der Waals surface area (Å²) in [5, 5.41) is 40.5. The van der Waals surface area contributed by atoms with E-state index in [1.54, 1.807) is 80.8 Å². The van der Waals surface area contributed by atoms with Gasteiger partial charge in [-0.15, -0.1) is 0 Å². The lowest BCUT2D eigenvalue weighted by molar-refractivity contribution is -0.136. The van der Waals surface area contributed by atoms with Gasteiger partial charge in [0.15, 0.2) is 29.0 Å². The van der Waals surface area contributed by atoms with Crippen molar-refractivity contribution in [1.29, 1.82) is 5.26 Å². The third-order valence-electron chi connectivity index (χ3n) is 24.1. The minimum Gasteiger partial charge on any atom is -0.369 e. The van der Waals surface area contributed by atoms with Crippen LogP contribution in [-0.2, 0) is 29.2 Å². The van der Waals surface area contributed by atoms with Gasteiger partial charge in [-0.3, -0.25) is 43.7 Å². The maximum atomic E-state index is 14.5. The number of ketones is 2. The number of fused-ring (bicyclic) bond motifs is 12. The first-order valence-corrected chi connectivity index (χ1v) is 37.3. The number of aromatic nitrogens is 9. The Labute approximate surface area is 636 Å². The second kappa shape index (κ2) is 31.6. The molecule has 0 aliphatic heterocycles. The number of nitriles is 1. The number of hydrogen-bond donors (Lipinski definition) is 8. The molecule has 0 saturated heterocycles. The summed E-state index contributed by atoms with van der Waals surface area (Å²) in [6, 6.07) is 24.5. The molecule has 3 aromatic carbocycles. The van der Waals surface area contributed by atoms with Crippen molar-refractivity contribution in [3.8, 4) is 6.19 Å². The monoisotopic (exact) mass is 1520 g/mol. The van der Waals surface area contributed by atoms with E-state index in [9.17, 15) is 51.5 Å². The summed E-state index contributed by atoms with van der Waals surface area (Å²) in [5.74, 6) is -3.82. The Morgan fingerprint density at radius 3 is 1.35 bits per heavy atom. The molecule has 0 radical (unpaired) electrons. The minimum absolute atomic E-state index is 0.00822. The highest BCUT2D eigenvalue weighted by atomic mass is 35.5. The van der Waals surface area contributed by atoms with Gasteiger partial charge in [-0.05, 0) is 204 Å². The number of hydrogen-bond acceptors (Lipinski definition) is 16. The number of nitrogens with zero attached hydrogens (tertiary/aromatic N) is 11. The number of halogens is 4. The summed E-state index contributed by atoms with van der Waals surface area (Å²) < 4.78 is 45.2. The Balaban J connectivity index is 0.000000146. The van der Waals surface area contributed by atoms with Gasteiger partial charge >= 0.3 is 0 Å². The average Bonchev–Trinajstić information content (AvgIpc) is 1.06. The fraction of sp³-hybridized carbons (Fsp3) is 0.418. The number of benzene rings is 3. The lowest BCUT2D eigenvalue weighted by Gasteiger charge is -2.52. The van der Waals surface area contributed by atoms with Crippen LogP contribution in [0.3, 0.4) is 0 Å². The fourth-order valence-electron chi connectivity index (χ4n) is 16.6. The van der Waals surface area contributed by atoms with Gasteiger partial charge in [-0.2, -0.15) is 20.6 Å². The van der Waals surface area contributed by atoms with Gasteiger partial charge in [0, 0.05) is 80.4 Å². The van der Waals surface area contributed by atoms with Crippen LogP contribution < -0.4 is 43.0 Å². The molecule has 6 heterocycles. The van der Waals surface area contributed by atoms with Crippen molar-refractivity contribution >= 4 is 87.2 Å². The number of carbonyl (C=O) groups is 8. The summed E-state index contributed by atoms with van der Waals surface area (Å²) in [4.78, 5) is 119. The molecule has 27 nitrogen and oxygen atoms in total. The van der Waals surface area contributed by atoms with Crippen LogP contribution in [0.5, 0.6) is 0 Å². The van der Waals surface area contributed by atoms with Gasteiger partial charge in [0.1, 0.15) is 57.4 Å². The molecule has 9 N–H and O–H groups in total. The minimum atomic E-state index is -0.762. The third kappa shape index (κ3) is 16.7. The number of amides is 6. The van der Waals surface area contributed by atoms with E-state index < -0.39 is 35.3 Å². The zero-order chi connectivity index (χ0) is 77.8. The van der Waals surface area contributed by atoms with Gasteiger partial charge < -0.3 is 37.6 Å². The van der Waals surface area contributed by atoms with Crippen LogP contribution >= 0.6 is 11.6 Å². The second-order valence-electron chi connectivity index (χ2n) is 30.9. The lowest BCUT2D eigenvalue weighted by Crippen LogP contribution is -2.49. The summed E-state index contributed by atoms with van der Waals surface area (Å²) in [6.45, 7) is 7.68. The number of rotatable bonds is 21. The molecule has 18 rings (SSSR count). The van der Waals surface area contributed by atoms with Crippen molar-refractivity contribution in [1.82, 2.24) is 81.0 Å². The van der Waals surface area contributed by atoms with Gasteiger partial charge in [0.05, 0.1) is 29.3 Å². The molecular formula is C79H85ClF3N19O8. The Morgan fingerprint density at radius 2 is 0.909 bits per heavy atom. The van der Waals surface area contributed by atoms with Crippen molar-refractivity contribution in [2.75, 3.05) is 19.6 Å². The van der Waals surface area contributed by atoms with Crippen molar-refractivity contribution in [2.24, 2.45) is 43.2 Å². The second-order valence-corrected chi connectivity index (χ2v) is 31.3. The van der Waals surface area contributed by atoms with Gasteiger partial charge in [-0.25, -0.2) is 46.7 Å². The van der Waals surface area contributed by atoms with Gasteiger partial charge in [0.25, 0.3) is 35.4 Å². The molecular weight excluding hydrogens is 1440 g/mol. The Morgan fingerprint density at radius 1 is 0.491 bits per heavy atom. The van der Waals surface area contributed by atoms with Crippen LogP contribution in [0.4, 0.5) is 18.9 Å². The lowest BCUT2D eigenvalue weighted by atomic mass is 9.52. The fourth-order valence-corrected chi connectivity index (χ4v) is 16.8. The molecule has 9 aromatic rings. The van der Waals surface area contributed by atoms with E-state index in [-0.39, 0.29) is 127 Å². The molecule has 9 aliphatic carbocycles. The van der Waals surface area contributed by atoms with Crippen LogP contribution in [0.25, 0.3) is 16.9 Å². The molecule has 6 amide bonds. The van der Waals surface area contributed by atoms with Crippen LogP contribution in [-0.4, -0.2) is 116 Å². The van der Waals surface area contributed by atoms with Crippen molar-refractivity contribution in [3.63, 3.8) is 0 Å². The molecule has 9 saturated carbocycles. The topological polar surface area (TPSA) is 374 Å². The summed E-state index contributed by atoms with van der Waals surface area (Å²) in [7, 11) is 0. The zero-order valence-electron chi connectivity index (χ0n) is 61.2. The SMILES string of the molecule is CC(=O)C12CCC(CNC(=O)c3cc(C(=O)NCc4cccc(F)c4)nc4ccnn34)(CC1)CC2.CC(=O)C12CCC(CNC(=O)c3cc(C(=O)NCc4cccc(N=C(N)NC#N)c4)nc4c(F)cnn34)(CC1)CC2.CC12CCC(CNC(=O)c3cc(C(=O)NCc4ccc(F)c(Cl)c4)nc4ccnn34)(CC1)CC2. The van der Waals surface area contributed by atoms with E-state index in [1.807, 2.05) is 0 Å². The molecule has 6 aromatic heterocycles. The highest BCUT2D eigenvalue weighted by molar-refractivity contribution is 6.30. The van der Waals surface area contributed by atoms with Gasteiger partial charge in [-0.1, -0.05) is 48.9 Å². The molecule has 6 bridgehead atoms. The maximum Gasteiger partial charge on any atom is 0.270 e. The number of carbonyl (C=O) groups excluding carboxylic acids is 8. The number of aliphatic imine (C=N–C) groups is 1. The van der Waals surface area contributed by atoms with E-state index in [4.69, 9.17) is 22.6 Å². The first-order chi connectivity index (χ1) is 52.7. The Bertz CT molecular complexity index is 5130. The zero-order valence-corrected chi connectivity index (χ0v) is 62.0. The first-order valence-electron chi connectivity index (χ1n) is 36.9. The summed E-state index contributed by atoms with van der Waals surface area (Å²) >= 11 is 5.82. The molecule has 0 atom stereocenters. The molecule has 31 heteroatoms. The number of nitrogens with one attached hydrogen (secondary N) is 7. The smallest absolute Gasteiger partial charge is 0.270 e. The number of guanidine groups is 1. The standard InChI is InChI=1S/C28H30FN9O3.C26H28FN5O3.C25H27ClFN5O2/c1-17(39)28-8-5-27(6-9-28,7-10-28)15-33-25(41)22-12-21(37-23-20(29)14-35-38(22)23)24(40)32-13-18-3-2-4-19(11-18)36-26(31)34-16-30;1-17(33)26-9-6-25(7-10-26,8-11-26)16-29-24(35)21-14-20(31-22-5-12-30-32(21)22)23(34)28-15-18-3-2-4-19(27)13-18;1-24-5-8-25(9-6-24,10-7-24)15-29-23(34)20-13-19(31-21-4-11-30-32(20)21)22(33)28-14-16-2-3-18(27)17(26)12-16/h2-4,11-12,14H,5-10,13,15H2,1H3,(H,32,40)(H,33,41)(H3,31,34,36);2-5,12-14H,6-11,15-16H2,1H3,(H,28,34)(H,29,35);2-4,11-13H,5-10,14-15H2,1H3,(H,28,33)(H,29,34). The summed E-state index contributed by atoms with van der Waals surface area (Å²) in [5.41, 5.74) is 9.30. The van der Waals surface area contributed by atoms with E-state index in [2.05, 4.69) is 79.4 Å². The largest absolute Gasteiger partial charge is 0.369 e. The van der Waals surface area contributed by atoms with E-state index in [1.165, 1.54) is 77.0 Å². The van der Waals surface area contributed by atoms with E-state index in [0.29, 0.717) is 58.7 Å². The van der Waals surface area contributed by atoms with Crippen molar-refractivity contribution < 1.29 is 51.5 Å². The predicted molar refractivity (Wildman–Crippen MR) is 398 cm³/mol. The molecule has 9 aliphatic rings. The molecule has 0 unspecified atom stereocenters. The molecule has 572 valence electrons. The number of Topliss-reactive ketones (excluding diaryl/α,β-unsaturated/α-hetero) is 2. The van der Waals surface area contributed by atoms with Crippen LogP contribution in [0.2, 0.25) is 5.02 Å². The first kappa shape index (κ1) is 76.7. The van der Waals surface area contributed by atoms with E-state index in [0.717, 1.165) is 107 Å². The highest BCUT2D eigenvalue weighted by Gasteiger charge is 2.53. The van der Waals surface area contributed by atoms with E-state index >= 15 is 0 Å². The normalized spacial score (nSPS) is 22.8. The predicted octanol–water partition coefficient (Wildman–Crippen LogP) is 10.5. The highest BCUT2D eigenvalue weighted by Crippen LogP contribution is 2.59. The summed E-state index contributed by atoms with van der Waals surface area (Å²) in [6.07, 6.45) is 23.2.